The molecule has 1 N–H and O–H groups in total. The van der Waals surface area contributed by atoms with E-state index in [1.807, 2.05) is 30.3 Å². The number of carbonyl (C=O) groups excluding carboxylic acids is 2. The van der Waals surface area contributed by atoms with Crippen molar-refractivity contribution in [2.45, 2.75) is 6.92 Å². The zero-order valence-corrected chi connectivity index (χ0v) is 16.3. The number of methoxy groups -OCH3 is 2. The molecule has 8 heteroatoms. The van der Waals surface area contributed by atoms with E-state index in [9.17, 15) is 9.59 Å². The minimum atomic E-state index is -0.491. The largest absolute Gasteiger partial charge is 0.493 e. The van der Waals surface area contributed by atoms with Crippen molar-refractivity contribution in [3.05, 3.63) is 52.9 Å². The maximum Gasteiger partial charge on any atom is 0.308 e. The van der Waals surface area contributed by atoms with Crippen LogP contribution in [0.4, 0.5) is 5.69 Å². The van der Waals surface area contributed by atoms with E-state index in [0.717, 1.165) is 5.69 Å². The lowest BCUT2D eigenvalue weighted by Gasteiger charge is -2.13. The van der Waals surface area contributed by atoms with Gasteiger partial charge >= 0.3 is 5.97 Å². The monoisotopic (exact) mass is 398 g/mol. The summed E-state index contributed by atoms with van der Waals surface area (Å²) in [4.78, 5) is 28.5. The highest BCUT2D eigenvalue weighted by molar-refractivity contribution is 8.18. The van der Waals surface area contributed by atoms with Crippen LogP contribution in [0.25, 0.3) is 6.08 Å². The van der Waals surface area contributed by atoms with Crippen molar-refractivity contribution in [3.63, 3.8) is 0 Å². The zero-order valence-electron chi connectivity index (χ0n) is 15.5. The average Bonchev–Trinajstić information content (AvgIpc) is 3.01. The number of para-hydroxylation sites is 1. The molecule has 3 rings (SSSR count). The molecule has 2 aromatic carbocycles. The van der Waals surface area contributed by atoms with Gasteiger partial charge in [-0.05, 0) is 47.7 Å². The van der Waals surface area contributed by atoms with Crippen LogP contribution in [0.2, 0.25) is 0 Å². The van der Waals surface area contributed by atoms with Crippen LogP contribution in [0.3, 0.4) is 0 Å². The quantitative estimate of drug-likeness (QED) is 0.471. The summed E-state index contributed by atoms with van der Waals surface area (Å²) in [6, 6.07) is 12.7. The second kappa shape index (κ2) is 8.62. The van der Waals surface area contributed by atoms with Gasteiger partial charge in [0.25, 0.3) is 5.91 Å². The minimum absolute atomic E-state index is 0.189. The van der Waals surface area contributed by atoms with Gasteiger partial charge in [0.1, 0.15) is 0 Å². The van der Waals surface area contributed by atoms with Gasteiger partial charge in [-0.2, -0.15) is 0 Å². The number of carbonyl (C=O) groups is 2. The Hall–Kier alpha value is -3.26. The van der Waals surface area contributed by atoms with E-state index in [-0.39, 0.29) is 11.7 Å². The number of ether oxygens (including phenoxy) is 3. The number of hydrogen-bond acceptors (Lipinski definition) is 7. The lowest BCUT2D eigenvalue weighted by atomic mass is 10.1. The molecule has 28 heavy (non-hydrogen) atoms. The topological polar surface area (TPSA) is 86.2 Å². The Morgan fingerprint density at radius 3 is 2.32 bits per heavy atom. The molecule has 1 aliphatic heterocycles. The number of benzene rings is 2. The predicted octanol–water partition coefficient (Wildman–Crippen LogP) is 3.52. The van der Waals surface area contributed by atoms with Crippen molar-refractivity contribution in [1.82, 2.24) is 5.32 Å². The summed E-state index contributed by atoms with van der Waals surface area (Å²) >= 11 is 1.23. The standard InChI is InChI=1S/C20H18N2O5S/c1-12(23)27-18-15(25-2)9-13(10-16(18)26-3)11-17-19(24)22-20(28-17)21-14-7-5-4-6-8-14/h4-11H,1-3H3,(H,21,22,24)/b17-11+. The maximum absolute atomic E-state index is 12.3. The molecule has 0 saturated carbocycles. The van der Waals surface area contributed by atoms with Crippen LogP contribution in [-0.4, -0.2) is 31.3 Å². The Kier molecular flexibility index (Phi) is 6.00. The van der Waals surface area contributed by atoms with Crippen molar-refractivity contribution in [3.8, 4) is 17.2 Å². The van der Waals surface area contributed by atoms with Crippen molar-refractivity contribution in [2.75, 3.05) is 14.2 Å². The second-order valence-electron chi connectivity index (χ2n) is 5.67. The molecular weight excluding hydrogens is 380 g/mol. The molecule has 0 bridgehead atoms. The Balaban J connectivity index is 1.91. The van der Waals surface area contributed by atoms with E-state index in [2.05, 4.69) is 10.3 Å². The molecule has 0 spiro atoms. The first-order chi connectivity index (χ1) is 13.5. The van der Waals surface area contributed by atoms with Crippen molar-refractivity contribution in [2.24, 2.45) is 4.99 Å². The molecule has 7 nitrogen and oxygen atoms in total. The Bertz CT molecular complexity index is 945. The lowest BCUT2D eigenvalue weighted by molar-refractivity contribution is -0.132. The van der Waals surface area contributed by atoms with Crippen LogP contribution in [0.15, 0.2) is 52.4 Å². The van der Waals surface area contributed by atoms with Gasteiger partial charge in [-0.25, -0.2) is 4.99 Å². The highest BCUT2D eigenvalue weighted by Crippen LogP contribution is 2.40. The van der Waals surface area contributed by atoms with Crippen LogP contribution in [-0.2, 0) is 9.59 Å². The predicted molar refractivity (Wildman–Crippen MR) is 108 cm³/mol. The number of rotatable bonds is 5. The molecule has 1 aliphatic rings. The van der Waals surface area contributed by atoms with Gasteiger partial charge in [-0.3, -0.25) is 9.59 Å². The van der Waals surface area contributed by atoms with Crippen LogP contribution in [0, 0.1) is 0 Å². The Morgan fingerprint density at radius 1 is 1.11 bits per heavy atom. The van der Waals surface area contributed by atoms with Crippen molar-refractivity contribution < 1.29 is 23.8 Å². The van der Waals surface area contributed by atoms with Gasteiger partial charge in [0.05, 0.1) is 24.8 Å². The number of nitrogens with zero attached hydrogens (tertiary/aromatic N) is 1. The van der Waals surface area contributed by atoms with Crippen LogP contribution >= 0.6 is 11.8 Å². The molecular formula is C20H18N2O5S. The second-order valence-corrected chi connectivity index (χ2v) is 6.70. The van der Waals surface area contributed by atoms with E-state index in [4.69, 9.17) is 14.2 Å². The first kappa shape index (κ1) is 19.5. The van der Waals surface area contributed by atoms with Crippen molar-refractivity contribution >= 4 is 40.6 Å². The van der Waals surface area contributed by atoms with Crippen LogP contribution < -0.4 is 19.5 Å². The first-order valence-corrected chi connectivity index (χ1v) is 9.11. The summed E-state index contributed by atoms with van der Waals surface area (Å²) in [6.07, 6.45) is 1.69. The van der Waals surface area contributed by atoms with Gasteiger partial charge in [0, 0.05) is 6.92 Å². The number of nitrogens with one attached hydrogen (secondary N) is 1. The number of amides is 1. The summed E-state index contributed by atoms with van der Waals surface area (Å²) < 4.78 is 15.8. The smallest absolute Gasteiger partial charge is 0.308 e. The summed E-state index contributed by atoms with van der Waals surface area (Å²) in [6.45, 7) is 1.29. The number of aliphatic imine (C=N–C) groups is 1. The van der Waals surface area contributed by atoms with Gasteiger partial charge in [-0.15, -0.1) is 0 Å². The Labute approximate surface area is 166 Å². The van der Waals surface area contributed by atoms with E-state index in [0.29, 0.717) is 27.1 Å². The fourth-order valence-corrected chi connectivity index (χ4v) is 3.32. The van der Waals surface area contributed by atoms with E-state index < -0.39 is 5.97 Å². The summed E-state index contributed by atoms with van der Waals surface area (Å²) in [5.74, 6) is 0.0948. The minimum Gasteiger partial charge on any atom is -0.493 e. The third-order valence-corrected chi connectivity index (χ3v) is 4.57. The average molecular weight is 398 g/mol. The summed E-state index contributed by atoms with van der Waals surface area (Å²) in [5, 5.41) is 3.24. The molecule has 144 valence electrons. The highest BCUT2D eigenvalue weighted by atomic mass is 32.2. The third kappa shape index (κ3) is 4.52. The van der Waals surface area contributed by atoms with Crippen LogP contribution in [0.5, 0.6) is 17.2 Å². The van der Waals surface area contributed by atoms with Gasteiger partial charge in [0.15, 0.2) is 16.7 Å². The first-order valence-electron chi connectivity index (χ1n) is 8.29. The molecule has 0 unspecified atom stereocenters. The number of hydrogen-bond donors (Lipinski definition) is 1. The Morgan fingerprint density at radius 2 is 1.75 bits per heavy atom. The van der Waals surface area contributed by atoms with Gasteiger partial charge in [0.2, 0.25) is 5.75 Å². The molecule has 0 aliphatic carbocycles. The number of esters is 1. The van der Waals surface area contributed by atoms with E-state index in [1.54, 1.807) is 18.2 Å². The number of thioether (sulfide) groups is 1. The molecule has 1 amide bonds. The van der Waals surface area contributed by atoms with E-state index >= 15 is 0 Å². The fraction of sp³-hybridized carbons (Fsp3) is 0.150. The SMILES string of the molecule is COc1cc(/C=C2/SC(=Nc3ccccc3)NC2=O)cc(OC)c1OC(C)=O. The highest BCUT2D eigenvalue weighted by Gasteiger charge is 2.24. The van der Waals surface area contributed by atoms with Crippen LogP contribution in [0.1, 0.15) is 12.5 Å². The molecule has 0 atom stereocenters. The maximum atomic E-state index is 12.3. The van der Waals surface area contributed by atoms with Gasteiger partial charge in [-0.1, -0.05) is 18.2 Å². The van der Waals surface area contributed by atoms with Crippen molar-refractivity contribution in [1.29, 1.82) is 0 Å². The lowest BCUT2D eigenvalue weighted by Crippen LogP contribution is -2.19. The van der Waals surface area contributed by atoms with E-state index in [1.165, 1.54) is 32.9 Å². The number of amidine groups is 1. The molecule has 0 aromatic heterocycles. The normalized spacial score (nSPS) is 16.2. The summed E-state index contributed by atoms with van der Waals surface area (Å²) in [5.41, 5.74) is 1.41. The van der Waals surface area contributed by atoms with Gasteiger partial charge < -0.3 is 19.5 Å². The fourth-order valence-electron chi connectivity index (χ4n) is 2.48. The summed E-state index contributed by atoms with van der Waals surface area (Å²) in [7, 11) is 2.92. The molecule has 1 heterocycles. The molecule has 2 aromatic rings. The zero-order chi connectivity index (χ0) is 20.1. The molecule has 0 radical (unpaired) electrons. The third-order valence-electron chi connectivity index (χ3n) is 3.66. The molecule has 1 fully saturated rings. The molecule has 1 saturated heterocycles.